The van der Waals surface area contributed by atoms with Gasteiger partial charge in [-0.1, -0.05) is 65.8 Å². The standard InChI is InChI=1S/C34H37N2O/c1-20-23-11-9-10-12-24(23)26(18-34(5,6)7)32-28(20)31-29-25(13-14-36(31)8)30-22(16-27(29)37-32)15-21(19-35-30)17-33(2,3)4/h9-16,19H,17-18H2,1-8H3/q+1. The highest BCUT2D eigenvalue weighted by Crippen LogP contribution is 2.52. The van der Waals surface area contributed by atoms with Crippen molar-refractivity contribution in [1.82, 2.24) is 4.98 Å². The molecule has 0 spiro atoms. The summed E-state index contributed by atoms with van der Waals surface area (Å²) in [4.78, 5) is 4.99. The van der Waals surface area contributed by atoms with Crippen LogP contribution in [0.15, 0.2) is 54.9 Å². The zero-order valence-corrected chi connectivity index (χ0v) is 23.4. The molecule has 6 rings (SSSR count). The summed E-state index contributed by atoms with van der Waals surface area (Å²) in [5.74, 6) is 1.95. The topological polar surface area (TPSA) is 26.0 Å². The maximum Gasteiger partial charge on any atom is 0.228 e. The van der Waals surface area contributed by atoms with E-state index in [2.05, 4.69) is 115 Å². The molecule has 0 atom stereocenters. The number of rotatable bonds is 2. The van der Waals surface area contributed by atoms with Crippen molar-refractivity contribution in [3.8, 4) is 22.8 Å². The Morgan fingerprint density at radius 3 is 2.27 bits per heavy atom. The van der Waals surface area contributed by atoms with E-state index in [4.69, 9.17) is 9.72 Å². The second-order valence-electron chi connectivity index (χ2n) is 13.3. The maximum absolute atomic E-state index is 6.98. The van der Waals surface area contributed by atoms with Crippen LogP contribution in [0.1, 0.15) is 58.2 Å². The molecule has 0 aliphatic carbocycles. The summed E-state index contributed by atoms with van der Waals surface area (Å²) in [6, 6.07) is 15.5. The van der Waals surface area contributed by atoms with Crippen molar-refractivity contribution in [2.75, 3.05) is 0 Å². The first kappa shape index (κ1) is 23.9. The Morgan fingerprint density at radius 1 is 0.865 bits per heavy atom. The van der Waals surface area contributed by atoms with Gasteiger partial charge in [0.15, 0.2) is 6.20 Å². The highest BCUT2D eigenvalue weighted by atomic mass is 16.5. The molecule has 37 heavy (non-hydrogen) atoms. The molecule has 3 heterocycles. The molecule has 0 amide bonds. The predicted octanol–water partition coefficient (Wildman–Crippen LogP) is 8.62. The third-order valence-corrected chi connectivity index (χ3v) is 7.51. The van der Waals surface area contributed by atoms with Crippen molar-refractivity contribution >= 4 is 32.4 Å². The molecule has 5 aromatic rings. The van der Waals surface area contributed by atoms with Gasteiger partial charge in [0.25, 0.3) is 0 Å². The SMILES string of the molecule is Cc1c2c(c(CC(C)(C)C)c3ccccc13)Oc1cc3cc(CC(C)(C)C)cnc3c3cc[n+](C)c-2c13. The van der Waals surface area contributed by atoms with Crippen LogP contribution in [-0.2, 0) is 19.9 Å². The molecule has 0 saturated heterocycles. The lowest BCUT2D eigenvalue weighted by Crippen LogP contribution is -2.32. The monoisotopic (exact) mass is 489 g/mol. The number of ether oxygens (including phenoxy) is 1. The van der Waals surface area contributed by atoms with Gasteiger partial charge in [0.1, 0.15) is 18.5 Å². The smallest absolute Gasteiger partial charge is 0.228 e. The van der Waals surface area contributed by atoms with E-state index in [1.165, 1.54) is 38.7 Å². The quantitative estimate of drug-likeness (QED) is 0.180. The summed E-state index contributed by atoms with van der Waals surface area (Å²) in [7, 11) is 2.15. The zero-order chi connectivity index (χ0) is 26.3. The molecule has 0 fully saturated rings. The minimum Gasteiger partial charge on any atom is -0.455 e. The van der Waals surface area contributed by atoms with Crippen molar-refractivity contribution in [2.45, 2.75) is 61.3 Å². The number of fused-ring (bicyclic) bond motifs is 5. The first-order chi connectivity index (χ1) is 17.4. The Kier molecular flexibility index (Phi) is 5.18. The molecular formula is C34H37N2O+. The van der Waals surface area contributed by atoms with E-state index in [1.807, 2.05) is 0 Å². The first-order valence-electron chi connectivity index (χ1n) is 13.4. The fraction of sp³-hybridized carbons (Fsp3) is 0.353. The average molecular weight is 490 g/mol. The van der Waals surface area contributed by atoms with Gasteiger partial charge in [-0.25, -0.2) is 4.57 Å². The van der Waals surface area contributed by atoms with Gasteiger partial charge in [0.2, 0.25) is 5.69 Å². The van der Waals surface area contributed by atoms with Crippen LogP contribution in [0.3, 0.4) is 0 Å². The van der Waals surface area contributed by atoms with E-state index in [9.17, 15) is 0 Å². The van der Waals surface area contributed by atoms with Crippen LogP contribution in [0.4, 0.5) is 0 Å². The van der Waals surface area contributed by atoms with Crippen LogP contribution < -0.4 is 9.30 Å². The van der Waals surface area contributed by atoms with Crippen LogP contribution in [0, 0.1) is 17.8 Å². The Bertz CT molecular complexity index is 1730. The third kappa shape index (κ3) is 3.96. The Hall–Kier alpha value is -3.46. The molecule has 0 unspecified atom stereocenters. The van der Waals surface area contributed by atoms with E-state index in [0.717, 1.165) is 46.0 Å². The third-order valence-electron chi connectivity index (χ3n) is 7.51. The van der Waals surface area contributed by atoms with E-state index in [1.54, 1.807) is 0 Å². The number of hydrogen-bond acceptors (Lipinski definition) is 2. The molecule has 0 bridgehead atoms. The fourth-order valence-electron chi connectivity index (χ4n) is 6.13. The summed E-state index contributed by atoms with van der Waals surface area (Å²) < 4.78 is 9.24. The number of benzene rings is 3. The van der Waals surface area contributed by atoms with Crippen LogP contribution in [0.25, 0.3) is 43.7 Å². The number of hydrogen-bond donors (Lipinski definition) is 0. The second-order valence-corrected chi connectivity index (χ2v) is 13.3. The van der Waals surface area contributed by atoms with E-state index in [0.29, 0.717) is 0 Å². The molecule has 1 aliphatic heterocycles. The minimum absolute atomic E-state index is 0.124. The van der Waals surface area contributed by atoms with Crippen LogP contribution >= 0.6 is 0 Å². The normalized spacial score (nSPS) is 13.3. The van der Waals surface area contributed by atoms with E-state index >= 15 is 0 Å². The molecule has 3 nitrogen and oxygen atoms in total. The van der Waals surface area contributed by atoms with Crippen LogP contribution in [0.5, 0.6) is 11.5 Å². The molecule has 3 heteroatoms. The first-order valence-corrected chi connectivity index (χ1v) is 13.4. The fourth-order valence-corrected chi connectivity index (χ4v) is 6.13. The van der Waals surface area contributed by atoms with Gasteiger partial charge in [-0.05, 0) is 64.6 Å². The zero-order valence-electron chi connectivity index (χ0n) is 23.4. The molecular weight excluding hydrogens is 452 g/mol. The Labute approximate surface area is 220 Å². The van der Waals surface area contributed by atoms with Crippen molar-refractivity contribution in [3.05, 3.63) is 71.5 Å². The van der Waals surface area contributed by atoms with E-state index in [-0.39, 0.29) is 10.8 Å². The molecule has 188 valence electrons. The van der Waals surface area contributed by atoms with Gasteiger partial charge in [-0.2, -0.15) is 0 Å². The van der Waals surface area contributed by atoms with Crippen molar-refractivity contribution in [2.24, 2.45) is 17.9 Å². The lowest BCUT2D eigenvalue weighted by atomic mass is 9.81. The molecule has 2 aromatic heterocycles. The van der Waals surface area contributed by atoms with Gasteiger partial charge in [-0.15, -0.1) is 0 Å². The lowest BCUT2D eigenvalue weighted by Gasteiger charge is -2.28. The van der Waals surface area contributed by atoms with Crippen LogP contribution in [0.2, 0.25) is 0 Å². The highest BCUT2D eigenvalue weighted by molar-refractivity contribution is 6.15. The molecule has 3 aromatic carbocycles. The average Bonchev–Trinajstić information content (AvgIpc) is 2.81. The Morgan fingerprint density at radius 2 is 1.57 bits per heavy atom. The molecule has 0 radical (unpaired) electrons. The van der Waals surface area contributed by atoms with Gasteiger partial charge < -0.3 is 4.74 Å². The summed E-state index contributed by atoms with van der Waals surface area (Å²) in [5.41, 5.74) is 7.63. The lowest BCUT2D eigenvalue weighted by molar-refractivity contribution is -0.659. The van der Waals surface area contributed by atoms with Gasteiger partial charge in [-0.3, -0.25) is 4.98 Å². The largest absolute Gasteiger partial charge is 0.455 e. The van der Waals surface area contributed by atoms with Crippen LogP contribution in [-0.4, -0.2) is 4.98 Å². The second kappa shape index (κ2) is 8.02. The number of aromatic nitrogens is 2. The maximum atomic E-state index is 6.98. The summed E-state index contributed by atoms with van der Waals surface area (Å²) in [6.07, 6.45) is 6.16. The molecule has 0 saturated carbocycles. The summed E-state index contributed by atoms with van der Waals surface area (Å²) in [5, 5.41) is 6.04. The molecule has 1 aliphatic rings. The highest BCUT2D eigenvalue weighted by Gasteiger charge is 2.34. The van der Waals surface area contributed by atoms with Crippen molar-refractivity contribution in [1.29, 1.82) is 0 Å². The van der Waals surface area contributed by atoms with Crippen molar-refractivity contribution in [3.63, 3.8) is 0 Å². The van der Waals surface area contributed by atoms with Gasteiger partial charge >= 0.3 is 0 Å². The number of aryl methyl sites for hydroxylation is 2. The Balaban J connectivity index is 1.71. The van der Waals surface area contributed by atoms with E-state index < -0.39 is 0 Å². The predicted molar refractivity (Wildman–Crippen MR) is 154 cm³/mol. The van der Waals surface area contributed by atoms with Gasteiger partial charge in [0.05, 0.1) is 16.5 Å². The molecule has 0 N–H and O–H groups in total. The van der Waals surface area contributed by atoms with Gasteiger partial charge in [0, 0.05) is 28.6 Å². The summed E-state index contributed by atoms with van der Waals surface area (Å²) in [6.45, 7) is 16.0. The number of pyridine rings is 2. The summed E-state index contributed by atoms with van der Waals surface area (Å²) >= 11 is 0. The minimum atomic E-state index is 0.124. The number of nitrogens with zero attached hydrogens (tertiary/aromatic N) is 2. The van der Waals surface area contributed by atoms with Crippen molar-refractivity contribution < 1.29 is 9.30 Å².